The molecule has 0 unspecified atom stereocenters. The molecule has 0 aliphatic carbocycles. The predicted molar refractivity (Wildman–Crippen MR) is 95.2 cm³/mol. The number of rotatable bonds is 4. The number of nitrogens with one attached hydrogen (secondary N) is 1. The van der Waals surface area contributed by atoms with E-state index in [4.69, 9.17) is 12.2 Å². The molecular weight excluding hydrogens is 360 g/mol. The van der Waals surface area contributed by atoms with Gasteiger partial charge in [-0.25, -0.2) is 4.68 Å². The van der Waals surface area contributed by atoms with Crippen LogP contribution >= 0.6 is 28.1 Å². The summed E-state index contributed by atoms with van der Waals surface area (Å²) < 4.78 is 3.62. The molecule has 3 rings (SSSR count). The largest absolute Gasteiger partial charge is 0.281 e. The van der Waals surface area contributed by atoms with Crippen molar-refractivity contribution in [3.05, 3.63) is 33.5 Å². The number of aromatic nitrogens is 3. The van der Waals surface area contributed by atoms with Gasteiger partial charge in [-0.3, -0.25) is 10.00 Å². The monoisotopic (exact) mass is 380 g/mol. The van der Waals surface area contributed by atoms with Crippen LogP contribution in [-0.2, 0) is 6.67 Å². The molecule has 0 saturated carbocycles. The third-order valence-corrected chi connectivity index (χ3v) is 5.35. The van der Waals surface area contributed by atoms with E-state index in [0.29, 0.717) is 10.8 Å². The van der Waals surface area contributed by atoms with E-state index in [0.717, 1.165) is 29.1 Å². The van der Waals surface area contributed by atoms with Gasteiger partial charge < -0.3 is 0 Å². The Bertz CT molecular complexity index is 693. The first kappa shape index (κ1) is 15.9. The highest BCUT2D eigenvalue weighted by atomic mass is 79.9. The molecule has 1 N–H and O–H groups in total. The number of hydrogen-bond acceptors (Lipinski definition) is 3. The summed E-state index contributed by atoms with van der Waals surface area (Å²) in [4.78, 5) is 7.04. The zero-order valence-electron chi connectivity index (χ0n) is 12.8. The van der Waals surface area contributed by atoms with Crippen LogP contribution in [0.3, 0.4) is 0 Å². The van der Waals surface area contributed by atoms with Crippen molar-refractivity contribution >= 4 is 28.1 Å². The van der Waals surface area contributed by atoms with Crippen LogP contribution in [0.15, 0.2) is 28.7 Å². The van der Waals surface area contributed by atoms with Crippen molar-refractivity contribution in [1.82, 2.24) is 19.7 Å². The highest BCUT2D eigenvalue weighted by Crippen LogP contribution is 2.25. The van der Waals surface area contributed by atoms with E-state index in [1.54, 1.807) is 0 Å². The zero-order chi connectivity index (χ0) is 15.5. The molecule has 2 aromatic rings. The lowest BCUT2D eigenvalue weighted by atomic mass is 10.0. The fourth-order valence-corrected chi connectivity index (χ4v) is 3.78. The van der Waals surface area contributed by atoms with Crippen LogP contribution < -0.4 is 0 Å². The van der Waals surface area contributed by atoms with Gasteiger partial charge in [-0.05, 0) is 37.5 Å². The maximum absolute atomic E-state index is 5.44. The van der Waals surface area contributed by atoms with Crippen molar-refractivity contribution < 1.29 is 0 Å². The van der Waals surface area contributed by atoms with Gasteiger partial charge >= 0.3 is 0 Å². The lowest BCUT2D eigenvalue weighted by Gasteiger charge is -2.34. The van der Waals surface area contributed by atoms with Crippen LogP contribution in [0.1, 0.15) is 32.6 Å². The number of halogens is 1. The van der Waals surface area contributed by atoms with Crippen LogP contribution in [0, 0.1) is 4.77 Å². The van der Waals surface area contributed by atoms with Gasteiger partial charge in [-0.15, -0.1) is 0 Å². The highest BCUT2D eigenvalue weighted by Gasteiger charge is 2.21. The molecule has 1 atom stereocenters. The number of benzene rings is 1. The molecule has 0 spiro atoms. The van der Waals surface area contributed by atoms with Gasteiger partial charge in [0.05, 0.1) is 6.67 Å². The lowest BCUT2D eigenvalue weighted by molar-refractivity contribution is 0.101. The van der Waals surface area contributed by atoms with Crippen molar-refractivity contribution in [2.24, 2.45) is 0 Å². The third-order valence-electron chi connectivity index (χ3n) is 4.35. The van der Waals surface area contributed by atoms with Crippen molar-refractivity contribution in [2.75, 3.05) is 6.54 Å². The maximum Gasteiger partial charge on any atom is 0.217 e. The minimum atomic E-state index is 0.617. The van der Waals surface area contributed by atoms with Crippen LogP contribution in [0.2, 0.25) is 0 Å². The van der Waals surface area contributed by atoms with Gasteiger partial charge in [0.2, 0.25) is 4.77 Å². The number of likely N-dealkylation sites (tertiary alicyclic amines) is 1. The van der Waals surface area contributed by atoms with Crippen LogP contribution in [0.4, 0.5) is 0 Å². The first-order valence-electron chi connectivity index (χ1n) is 7.85. The molecule has 1 saturated heterocycles. The number of piperidine rings is 1. The minimum absolute atomic E-state index is 0.617. The lowest BCUT2D eigenvalue weighted by Crippen LogP contribution is -2.40. The SMILES string of the molecule is CC[C@@H]1CCCCN1Cn1[nH]c(-c2ccccc2Br)nc1=S. The summed E-state index contributed by atoms with van der Waals surface area (Å²) in [6.45, 7) is 4.21. The molecule has 1 aromatic carbocycles. The Morgan fingerprint density at radius 2 is 2.18 bits per heavy atom. The van der Waals surface area contributed by atoms with Crippen molar-refractivity contribution in [1.29, 1.82) is 0 Å². The van der Waals surface area contributed by atoms with Crippen molar-refractivity contribution in [3.63, 3.8) is 0 Å². The standard InChI is InChI=1S/C16H21BrN4S/c1-2-12-7-5-6-10-20(12)11-21-16(22)18-15(19-21)13-8-3-4-9-14(13)17/h3-4,8-9,12H,2,5-7,10-11H2,1H3,(H,18,19,22)/t12-/m1/s1. The van der Waals surface area contributed by atoms with E-state index in [-0.39, 0.29) is 0 Å². The van der Waals surface area contributed by atoms with Gasteiger partial charge in [0.1, 0.15) is 0 Å². The molecular formula is C16H21BrN4S. The van der Waals surface area contributed by atoms with E-state index < -0.39 is 0 Å². The van der Waals surface area contributed by atoms with Crippen LogP contribution in [-0.4, -0.2) is 32.3 Å². The second kappa shape index (κ2) is 7.06. The molecule has 0 radical (unpaired) electrons. The summed E-state index contributed by atoms with van der Waals surface area (Å²) in [5.74, 6) is 0.822. The van der Waals surface area contributed by atoms with Gasteiger partial charge in [0.15, 0.2) is 5.82 Å². The molecule has 1 aromatic heterocycles. The number of nitrogens with zero attached hydrogens (tertiary/aromatic N) is 3. The predicted octanol–water partition coefficient (Wildman–Crippen LogP) is 4.59. The fourth-order valence-electron chi connectivity index (χ4n) is 3.12. The fraction of sp³-hybridized carbons (Fsp3) is 0.500. The van der Waals surface area contributed by atoms with Crippen molar-refractivity contribution in [2.45, 2.75) is 45.3 Å². The van der Waals surface area contributed by atoms with E-state index in [9.17, 15) is 0 Å². The molecule has 1 aliphatic rings. The molecule has 0 bridgehead atoms. The molecule has 22 heavy (non-hydrogen) atoms. The molecule has 6 heteroatoms. The van der Waals surface area contributed by atoms with Gasteiger partial charge in [-0.1, -0.05) is 47.5 Å². The second-order valence-electron chi connectivity index (χ2n) is 5.77. The third kappa shape index (κ3) is 3.34. The Balaban J connectivity index is 1.84. The molecule has 1 fully saturated rings. The maximum atomic E-state index is 5.44. The highest BCUT2D eigenvalue weighted by molar-refractivity contribution is 9.10. The number of hydrogen-bond donors (Lipinski definition) is 1. The molecule has 1 aliphatic heterocycles. The van der Waals surface area contributed by atoms with Gasteiger partial charge in [0, 0.05) is 22.6 Å². The Labute approximate surface area is 144 Å². The number of aromatic amines is 1. The summed E-state index contributed by atoms with van der Waals surface area (Å²) in [5.41, 5.74) is 1.04. The Kier molecular flexibility index (Phi) is 5.10. The topological polar surface area (TPSA) is 36.9 Å². The first-order chi connectivity index (χ1) is 10.7. The smallest absolute Gasteiger partial charge is 0.217 e. The summed E-state index contributed by atoms with van der Waals surface area (Å²) >= 11 is 9.01. The normalized spacial score (nSPS) is 19.5. The van der Waals surface area contributed by atoms with E-state index >= 15 is 0 Å². The summed E-state index contributed by atoms with van der Waals surface area (Å²) in [6.07, 6.45) is 5.09. The second-order valence-corrected chi connectivity index (χ2v) is 6.99. The first-order valence-corrected chi connectivity index (χ1v) is 9.05. The minimum Gasteiger partial charge on any atom is -0.281 e. The van der Waals surface area contributed by atoms with E-state index in [2.05, 4.69) is 37.8 Å². The molecule has 0 amide bonds. The zero-order valence-corrected chi connectivity index (χ0v) is 15.2. The average molecular weight is 381 g/mol. The quantitative estimate of drug-likeness (QED) is 0.787. The molecule has 4 nitrogen and oxygen atoms in total. The van der Waals surface area contributed by atoms with Crippen LogP contribution in [0.25, 0.3) is 11.4 Å². The summed E-state index contributed by atoms with van der Waals surface area (Å²) in [7, 11) is 0. The Hall–Kier alpha value is -0.980. The number of H-pyrrole nitrogens is 1. The Morgan fingerprint density at radius 3 is 2.95 bits per heavy atom. The van der Waals surface area contributed by atoms with E-state index in [1.165, 1.54) is 25.7 Å². The molecule has 2 heterocycles. The van der Waals surface area contributed by atoms with E-state index in [1.807, 2.05) is 28.9 Å². The molecule has 118 valence electrons. The van der Waals surface area contributed by atoms with Crippen molar-refractivity contribution in [3.8, 4) is 11.4 Å². The average Bonchev–Trinajstić information content (AvgIpc) is 2.89. The van der Waals surface area contributed by atoms with Gasteiger partial charge in [0.25, 0.3) is 0 Å². The Morgan fingerprint density at radius 1 is 1.36 bits per heavy atom. The van der Waals surface area contributed by atoms with Gasteiger partial charge in [-0.2, -0.15) is 4.98 Å². The van der Waals surface area contributed by atoms with Crippen LogP contribution in [0.5, 0.6) is 0 Å². The summed E-state index contributed by atoms with van der Waals surface area (Å²) in [5, 5.41) is 3.36. The summed E-state index contributed by atoms with van der Waals surface area (Å²) in [6, 6.07) is 8.72.